The van der Waals surface area contributed by atoms with Crippen molar-refractivity contribution >= 4 is 22.3 Å². The summed E-state index contributed by atoms with van der Waals surface area (Å²) in [5, 5.41) is 8.19. The number of nitrogens with two attached hydrogens (primary N) is 1. The average molecular weight is 272 g/mol. The molecule has 4 rings (SSSR count). The van der Waals surface area contributed by atoms with Gasteiger partial charge < -0.3 is 15.4 Å². The van der Waals surface area contributed by atoms with Gasteiger partial charge in [-0.2, -0.15) is 5.10 Å². The van der Waals surface area contributed by atoms with Crippen molar-refractivity contribution < 1.29 is 4.74 Å². The van der Waals surface area contributed by atoms with Gasteiger partial charge in [-0.1, -0.05) is 12.8 Å². The number of anilines is 2. The van der Waals surface area contributed by atoms with Crippen LogP contribution in [0.4, 0.5) is 11.4 Å². The Bertz CT molecular complexity index is 621. The highest BCUT2D eigenvalue weighted by atomic mass is 16.5. The van der Waals surface area contributed by atoms with Crippen LogP contribution in [0.3, 0.4) is 0 Å². The van der Waals surface area contributed by atoms with E-state index in [1.54, 1.807) is 0 Å². The van der Waals surface area contributed by atoms with Crippen molar-refractivity contribution in [3.05, 3.63) is 18.3 Å². The molecule has 0 radical (unpaired) electrons. The Morgan fingerprint density at radius 2 is 2.20 bits per heavy atom. The summed E-state index contributed by atoms with van der Waals surface area (Å²) in [6.07, 6.45) is 7.13. The Labute approximate surface area is 118 Å². The number of aromatic nitrogens is 2. The highest BCUT2D eigenvalue weighted by Crippen LogP contribution is 2.36. The summed E-state index contributed by atoms with van der Waals surface area (Å²) in [5.74, 6) is 0. The summed E-state index contributed by atoms with van der Waals surface area (Å²) in [6.45, 7) is 1.71. The zero-order chi connectivity index (χ0) is 13.5. The monoisotopic (exact) mass is 272 g/mol. The van der Waals surface area contributed by atoms with Gasteiger partial charge in [-0.25, -0.2) is 0 Å². The molecule has 0 spiro atoms. The molecule has 20 heavy (non-hydrogen) atoms. The molecule has 3 N–H and O–H groups in total. The highest BCUT2D eigenvalue weighted by molar-refractivity contribution is 5.89. The van der Waals surface area contributed by atoms with Gasteiger partial charge >= 0.3 is 0 Å². The second-order valence-electron chi connectivity index (χ2n) is 5.82. The van der Waals surface area contributed by atoms with Gasteiger partial charge in [-0.3, -0.25) is 5.10 Å². The Morgan fingerprint density at radius 3 is 3.15 bits per heavy atom. The van der Waals surface area contributed by atoms with Crippen molar-refractivity contribution in [1.82, 2.24) is 10.2 Å². The summed E-state index contributed by atoms with van der Waals surface area (Å²) in [7, 11) is 0. The molecule has 2 atom stereocenters. The first-order valence-corrected chi connectivity index (χ1v) is 7.44. The largest absolute Gasteiger partial charge is 0.397 e. The number of rotatable bonds is 1. The molecule has 5 heteroatoms. The third kappa shape index (κ3) is 1.85. The predicted octanol–water partition coefficient (Wildman–Crippen LogP) is 2.29. The lowest BCUT2D eigenvalue weighted by molar-refractivity contribution is -0.00861. The zero-order valence-electron chi connectivity index (χ0n) is 11.5. The summed E-state index contributed by atoms with van der Waals surface area (Å²) >= 11 is 0. The van der Waals surface area contributed by atoms with E-state index in [0.717, 1.165) is 35.4 Å². The van der Waals surface area contributed by atoms with E-state index in [9.17, 15) is 0 Å². The number of benzene rings is 1. The maximum absolute atomic E-state index is 6.27. The van der Waals surface area contributed by atoms with Crippen LogP contribution < -0.4 is 10.6 Å². The fourth-order valence-corrected chi connectivity index (χ4v) is 3.64. The van der Waals surface area contributed by atoms with Gasteiger partial charge in [0.15, 0.2) is 0 Å². The lowest BCUT2D eigenvalue weighted by Crippen LogP contribution is -2.53. The highest BCUT2D eigenvalue weighted by Gasteiger charge is 2.35. The maximum Gasteiger partial charge on any atom is 0.0779 e. The number of H-pyrrole nitrogens is 1. The van der Waals surface area contributed by atoms with Crippen LogP contribution in [0.2, 0.25) is 0 Å². The first-order valence-electron chi connectivity index (χ1n) is 7.44. The molecule has 1 aliphatic carbocycles. The van der Waals surface area contributed by atoms with E-state index in [0.29, 0.717) is 12.1 Å². The number of ether oxygens (including phenoxy) is 1. The first kappa shape index (κ1) is 12.0. The third-order valence-corrected chi connectivity index (χ3v) is 4.63. The standard InChI is InChI=1S/C15H20N4O/c16-11-7-10-9-17-18-12(10)8-14(11)19-5-6-20-15-4-2-1-3-13(15)19/h7-9,13,15H,1-6,16H2,(H,17,18). The Morgan fingerprint density at radius 1 is 1.30 bits per heavy atom. The second kappa shape index (κ2) is 4.66. The van der Waals surface area contributed by atoms with Crippen LogP contribution in [0, 0.1) is 0 Å². The van der Waals surface area contributed by atoms with Gasteiger partial charge in [0.25, 0.3) is 0 Å². The number of morpholine rings is 1. The number of hydrogen-bond acceptors (Lipinski definition) is 4. The van der Waals surface area contributed by atoms with Crippen molar-refractivity contribution in [2.45, 2.75) is 37.8 Å². The van der Waals surface area contributed by atoms with Crippen molar-refractivity contribution in [3.8, 4) is 0 Å². The van der Waals surface area contributed by atoms with Crippen LogP contribution in [0.15, 0.2) is 18.3 Å². The van der Waals surface area contributed by atoms with Crippen LogP contribution in [0.1, 0.15) is 25.7 Å². The predicted molar refractivity (Wildman–Crippen MR) is 79.8 cm³/mol. The SMILES string of the molecule is Nc1cc2cn[nH]c2cc1N1CCOC2CCCCC21. The smallest absolute Gasteiger partial charge is 0.0779 e. The molecule has 2 aliphatic rings. The van der Waals surface area contributed by atoms with Gasteiger partial charge in [0.2, 0.25) is 0 Å². The molecule has 0 bridgehead atoms. The average Bonchev–Trinajstić information content (AvgIpc) is 2.93. The van der Waals surface area contributed by atoms with E-state index >= 15 is 0 Å². The van der Waals surface area contributed by atoms with Gasteiger partial charge in [0.1, 0.15) is 0 Å². The number of nitrogens with one attached hydrogen (secondary N) is 1. The normalized spacial score (nSPS) is 26.7. The van der Waals surface area contributed by atoms with E-state index in [-0.39, 0.29) is 0 Å². The molecule has 2 unspecified atom stereocenters. The molecule has 1 aliphatic heterocycles. The summed E-state index contributed by atoms with van der Waals surface area (Å²) < 4.78 is 5.94. The van der Waals surface area contributed by atoms with Crippen molar-refractivity contribution in [1.29, 1.82) is 0 Å². The molecule has 5 nitrogen and oxygen atoms in total. The Hall–Kier alpha value is -1.75. The van der Waals surface area contributed by atoms with E-state index in [2.05, 4.69) is 21.2 Å². The minimum atomic E-state index is 0.370. The molecule has 2 fully saturated rings. The van der Waals surface area contributed by atoms with E-state index in [1.807, 2.05) is 12.3 Å². The molecule has 1 saturated carbocycles. The molecule has 106 valence electrons. The van der Waals surface area contributed by atoms with Gasteiger partial charge in [0.05, 0.1) is 41.8 Å². The van der Waals surface area contributed by atoms with Crippen LogP contribution in [0.5, 0.6) is 0 Å². The van der Waals surface area contributed by atoms with Gasteiger partial charge in [-0.15, -0.1) is 0 Å². The van der Waals surface area contributed by atoms with Crippen LogP contribution in [0.25, 0.3) is 10.9 Å². The molecule has 1 saturated heterocycles. The van der Waals surface area contributed by atoms with Gasteiger partial charge in [0, 0.05) is 11.9 Å². The van der Waals surface area contributed by atoms with Crippen molar-refractivity contribution in [2.75, 3.05) is 23.8 Å². The van der Waals surface area contributed by atoms with E-state index < -0.39 is 0 Å². The molecular weight excluding hydrogens is 252 g/mol. The minimum Gasteiger partial charge on any atom is -0.397 e. The molecule has 0 amide bonds. The molecule has 2 aromatic rings. The van der Waals surface area contributed by atoms with E-state index in [4.69, 9.17) is 10.5 Å². The number of hydrogen-bond donors (Lipinski definition) is 2. The number of aromatic amines is 1. The lowest BCUT2D eigenvalue weighted by Gasteiger charge is -2.45. The van der Waals surface area contributed by atoms with Crippen molar-refractivity contribution in [2.24, 2.45) is 0 Å². The second-order valence-corrected chi connectivity index (χ2v) is 5.82. The van der Waals surface area contributed by atoms with Crippen LogP contribution in [-0.4, -0.2) is 35.5 Å². The lowest BCUT2D eigenvalue weighted by atomic mass is 9.89. The fraction of sp³-hybridized carbons (Fsp3) is 0.533. The quantitative estimate of drug-likeness (QED) is 0.782. The summed E-state index contributed by atoms with van der Waals surface area (Å²) in [4.78, 5) is 2.45. The fourth-order valence-electron chi connectivity index (χ4n) is 3.64. The topological polar surface area (TPSA) is 67.2 Å². The minimum absolute atomic E-state index is 0.370. The molecule has 1 aromatic carbocycles. The first-order chi connectivity index (χ1) is 9.83. The number of nitrogens with zero attached hydrogens (tertiary/aromatic N) is 2. The van der Waals surface area contributed by atoms with Gasteiger partial charge in [-0.05, 0) is 25.0 Å². The van der Waals surface area contributed by atoms with Crippen LogP contribution >= 0.6 is 0 Å². The number of fused-ring (bicyclic) bond motifs is 2. The van der Waals surface area contributed by atoms with Crippen LogP contribution in [-0.2, 0) is 4.74 Å². The third-order valence-electron chi connectivity index (χ3n) is 4.63. The molecule has 1 aromatic heterocycles. The van der Waals surface area contributed by atoms with E-state index in [1.165, 1.54) is 25.7 Å². The summed E-state index contributed by atoms with van der Waals surface area (Å²) in [5.41, 5.74) is 9.29. The van der Waals surface area contributed by atoms with Crippen molar-refractivity contribution in [3.63, 3.8) is 0 Å². The molecular formula is C15H20N4O. The number of nitrogen functional groups attached to an aromatic ring is 1. The molecule has 2 heterocycles. The Kier molecular flexibility index (Phi) is 2.80. The Balaban J connectivity index is 1.74. The zero-order valence-corrected chi connectivity index (χ0v) is 11.5. The maximum atomic E-state index is 6.27. The summed E-state index contributed by atoms with van der Waals surface area (Å²) in [6, 6.07) is 4.62.